The highest BCUT2D eigenvalue weighted by Crippen LogP contribution is 2.25. The lowest BCUT2D eigenvalue weighted by Gasteiger charge is -2.35. The molecule has 1 unspecified atom stereocenters. The summed E-state index contributed by atoms with van der Waals surface area (Å²) in [6.07, 6.45) is 0.964. The summed E-state index contributed by atoms with van der Waals surface area (Å²) >= 11 is 0. The number of rotatable bonds is 7. The molecule has 1 amide bonds. The molecule has 2 aliphatic rings. The average molecular weight is 490 g/mol. The number of benzene rings is 2. The van der Waals surface area contributed by atoms with Crippen molar-refractivity contribution in [2.24, 2.45) is 5.92 Å². The van der Waals surface area contributed by atoms with Crippen molar-refractivity contribution in [3.8, 4) is 0 Å². The summed E-state index contributed by atoms with van der Waals surface area (Å²) in [5.74, 6) is -0.586. The van der Waals surface area contributed by atoms with E-state index in [1.165, 1.54) is 16.4 Å². The molecule has 0 aromatic heterocycles. The molecular weight excluding hydrogens is 457 g/mol. The van der Waals surface area contributed by atoms with Crippen LogP contribution in [-0.4, -0.2) is 69.5 Å². The van der Waals surface area contributed by atoms with Gasteiger partial charge in [-0.15, -0.1) is 0 Å². The fourth-order valence-electron chi connectivity index (χ4n) is 4.59. The Morgan fingerprint density at radius 1 is 1.03 bits per heavy atom. The SMILES string of the molecule is Cc1ccc(S(=O)(=O)N2CCC(C(=O)NCC(c3ccc(F)cc3)N3CCOCC3)CC2)cc1. The number of nitrogens with one attached hydrogen (secondary N) is 1. The van der Waals surface area contributed by atoms with Crippen LogP contribution in [-0.2, 0) is 19.6 Å². The quantitative estimate of drug-likeness (QED) is 0.647. The van der Waals surface area contributed by atoms with Gasteiger partial charge in [-0.1, -0.05) is 29.8 Å². The summed E-state index contributed by atoms with van der Waals surface area (Å²) < 4.78 is 46.2. The predicted molar refractivity (Wildman–Crippen MR) is 127 cm³/mol. The molecule has 0 aliphatic carbocycles. The number of hydrogen-bond acceptors (Lipinski definition) is 5. The van der Waals surface area contributed by atoms with Gasteiger partial charge in [-0.25, -0.2) is 12.8 Å². The molecule has 2 saturated heterocycles. The van der Waals surface area contributed by atoms with Crippen molar-refractivity contribution < 1.29 is 22.3 Å². The molecule has 2 aromatic carbocycles. The van der Waals surface area contributed by atoms with E-state index in [0.29, 0.717) is 45.7 Å². The number of halogens is 1. The van der Waals surface area contributed by atoms with Crippen LogP contribution in [0.2, 0.25) is 0 Å². The molecule has 4 rings (SSSR count). The Balaban J connectivity index is 1.35. The van der Waals surface area contributed by atoms with Crippen molar-refractivity contribution in [1.29, 1.82) is 0 Å². The summed E-state index contributed by atoms with van der Waals surface area (Å²) in [4.78, 5) is 15.5. The van der Waals surface area contributed by atoms with Crippen LogP contribution in [0.25, 0.3) is 0 Å². The van der Waals surface area contributed by atoms with Gasteiger partial charge < -0.3 is 10.1 Å². The number of amides is 1. The monoisotopic (exact) mass is 489 g/mol. The summed E-state index contributed by atoms with van der Waals surface area (Å²) in [5, 5.41) is 3.07. The number of ether oxygens (including phenoxy) is 1. The molecule has 2 aromatic rings. The second-order valence-electron chi connectivity index (χ2n) is 8.95. The van der Waals surface area contributed by atoms with Gasteiger partial charge in [0.25, 0.3) is 0 Å². The first-order valence-corrected chi connectivity index (χ1v) is 13.2. The largest absolute Gasteiger partial charge is 0.379 e. The summed E-state index contributed by atoms with van der Waals surface area (Å²) in [6, 6.07) is 13.2. The van der Waals surface area contributed by atoms with Crippen LogP contribution in [0, 0.1) is 18.7 Å². The van der Waals surface area contributed by atoms with Gasteiger partial charge in [-0.3, -0.25) is 9.69 Å². The number of piperidine rings is 1. The Morgan fingerprint density at radius 2 is 1.65 bits per heavy atom. The van der Waals surface area contributed by atoms with E-state index in [1.54, 1.807) is 36.4 Å². The minimum Gasteiger partial charge on any atom is -0.379 e. The molecule has 0 saturated carbocycles. The van der Waals surface area contributed by atoms with Crippen molar-refractivity contribution in [2.75, 3.05) is 45.9 Å². The fourth-order valence-corrected chi connectivity index (χ4v) is 6.06. The zero-order chi connectivity index (χ0) is 24.1. The molecule has 9 heteroatoms. The summed E-state index contributed by atoms with van der Waals surface area (Å²) in [6.45, 7) is 5.70. The minimum atomic E-state index is -3.56. The Bertz CT molecular complexity index is 1060. The lowest BCUT2D eigenvalue weighted by Crippen LogP contribution is -2.46. The molecule has 1 N–H and O–H groups in total. The normalized spacial score (nSPS) is 19.6. The highest BCUT2D eigenvalue weighted by Gasteiger charge is 2.32. The number of nitrogens with zero attached hydrogens (tertiary/aromatic N) is 2. The van der Waals surface area contributed by atoms with Gasteiger partial charge in [-0.05, 0) is 49.6 Å². The van der Waals surface area contributed by atoms with E-state index in [2.05, 4.69) is 10.2 Å². The first-order valence-electron chi connectivity index (χ1n) is 11.8. The van der Waals surface area contributed by atoms with Gasteiger partial charge in [0.2, 0.25) is 15.9 Å². The Hall–Kier alpha value is -2.33. The molecule has 0 bridgehead atoms. The molecule has 0 spiro atoms. The third-order valence-corrected chi connectivity index (χ3v) is 8.61. The zero-order valence-corrected chi connectivity index (χ0v) is 20.3. The number of morpholine rings is 1. The van der Waals surface area contributed by atoms with Crippen LogP contribution in [0.15, 0.2) is 53.4 Å². The van der Waals surface area contributed by atoms with E-state index in [-0.39, 0.29) is 28.6 Å². The summed E-state index contributed by atoms with van der Waals surface area (Å²) in [5.41, 5.74) is 1.95. The Kier molecular flexibility index (Phi) is 7.98. The first kappa shape index (κ1) is 24.8. The first-order chi connectivity index (χ1) is 16.3. The maximum absolute atomic E-state index is 13.4. The maximum atomic E-state index is 13.4. The molecule has 2 fully saturated rings. The molecule has 7 nitrogen and oxygen atoms in total. The van der Waals surface area contributed by atoms with Gasteiger partial charge in [0, 0.05) is 38.6 Å². The van der Waals surface area contributed by atoms with Crippen molar-refractivity contribution in [1.82, 2.24) is 14.5 Å². The van der Waals surface area contributed by atoms with Crippen LogP contribution in [0.1, 0.15) is 30.0 Å². The van der Waals surface area contributed by atoms with E-state index >= 15 is 0 Å². The van der Waals surface area contributed by atoms with Crippen molar-refractivity contribution in [2.45, 2.75) is 30.7 Å². The van der Waals surface area contributed by atoms with E-state index in [4.69, 9.17) is 4.74 Å². The Labute approximate surface area is 200 Å². The molecule has 2 aliphatic heterocycles. The van der Waals surface area contributed by atoms with Crippen molar-refractivity contribution in [3.63, 3.8) is 0 Å². The number of aryl methyl sites for hydroxylation is 1. The third kappa shape index (κ3) is 5.83. The maximum Gasteiger partial charge on any atom is 0.243 e. The van der Waals surface area contributed by atoms with Crippen molar-refractivity contribution >= 4 is 15.9 Å². The van der Waals surface area contributed by atoms with Crippen LogP contribution < -0.4 is 5.32 Å². The molecular formula is C25H32FN3O4S. The van der Waals surface area contributed by atoms with Gasteiger partial charge in [-0.2, -0.15) is 4.31 Å². The molecule has 0 radical (unpaired) electrons. The van der Waals surface area contributed by atoms with Crippen LogP contribution in [0.4, 0.5) is 4.39 Å². The topological polar surface area (TPSA) is 79.0 Å². The number of carbonyl (C=O) groups excluding carboxylic acids is 1. The van der Waals surface area contributed by atoms with Crippen LogP contribution >= 0.6 is 0 Å². The van der Waals surface area contributed by atoms with E-state index in [0.717, 1.165) is 24.2 Å². The minimum absolute atomic E-state index is 0.0623. The van der Waals surface area contributed by atoms with Crippen molar-refractivity contribution in [3.05, 3.63) is 65.5 Å². The second kappa shape index (κ2) is 10.9. The number of hydrogen-bond donors (Lipinski definition) is 1. The molecule has 184 valence electrons. The van der Waals surface area contributed by atoms with Gasteiger partial charge in [0.1, 0.15) is 5.82 Å². The van der Waals surface area contributed by atoms with E-state index in [9.17, 15) is 17.6 Å². The Morgan fingerprint density at radius 3 is 2.26 bits per heavy atom. The smallest absolute Gasteiger partial charge is 0.243 e. The molecule has 34 heavy (non-hydrogen) atoms. The highest BCUT2D eigenvalue weighted by molar-refractivity contribution is 7.89. The standard InChI is InChI=1S/C25H32FN3O4S/c1-19-2-8-23(9-3-19)34(31,32)29-12-10-21(11-13-29)25(30)27-18-24(28-14-16-33-17-15-28)20-4-6-22(26)7-5-20/h2-9,21,24H,10-18H2,1H3,(H,27,30). The van der Waals surface area contributed by atoms with Gasteiger partial charge >= 0.3 is 0 Å². The lowest BCUT2D eigenvalue weighted by atomic mass is 9.96. The van der Waals surface area contributed by atoms with Crippen LogP contribution in [0.3, 0.4) is 0 Å². The number of carbonyl (C=O) groups is 1. The molecule has 1 atom stereocenters. The van der Waals surface area contributed by atoms with Crippen LogP contribution in [0.5, 0.6) is 0 Å². The van der Waals surface area contributed by atoms with Gasteiger partial charge in [0.15, 0.2) is 0 Å². The lowest BCUT2D eigenvalue weighted by molar-refractivity contribution is -0.126. The van der Waals surface area contributed by atoms with E-state index in [1.807, 2.05) is 6.92 Å². The van der Waals surface area contributed by atoms with Gasteiger partial charge in [0.05, 0.1) is 24.2 Å². The molecule has 2 heterocycles. The second-order valence-corrected chi connectivity index (χ2v) is 10.9. The number of sulfonamides is 1. The highest BCUT2D eigenvalue weighted by atomic mass is 32.2. The average Bonchev–Trinajstić information content (AvgIpc) is 2.86. The van der Waals surface area contributed by atoms with E-state index < -0.39 is 10.0 Å². The fraction of sp³-hybridized carbons (Fsp3) is 0.480. The predicted octanol–water partition coefficient (Wildman–Crippen LogP) is 2.72. The third-order valence-electron chi connectivity index (χ3n) is 6.69. The zero-order valence-electron chi connectivity index (χ0n) is 19.5. The summed E-state index contributed by atoms with van der Waals surface area (Å²) in [7, 11) is -3.56.